The highest BCUT2D eigenvalue weighted by Crippen LogP contribution is 2.42. The van der Waals surface area contributed by atoms with Crippen LogP contribution < -0.4 is 0 Å². The summed E-state index contributed by atoms with van der Waals surface area (Å²) in [5.74, 6) is 0.783. The monoisotopic (exact) mass is 378 g/mol. The van der Waals surface area contributed by atoms with Gasteiger partial charge in [-0.05, 0) is 23.0 Å². The fourth-order valence-corrected chi connectivity index (χ4v) is 4.04. The van der Waals surface area contributed by atoms with E-state index in [1.807, 2.05) is 41.2 Å². The summed E-state index contributed by atoms with van der Waals surface area (Å²) < 4.78 is 7.27. The summed E-state index contributed by atoms with van der Waals surface area (Å²) in [5, 5.41) is 8.34. The molecule has 6 nitrogen and oxygen atoms in total. The van der Waals surface area contributed by atoms with Crippen molar-refractivity contribution in [3.05, 3.63) is 59.5 Å². The Balaban J connectivity index is 1.52. The zero-order valence-corrected chi connectivity index (χ0v) is 16.8. The van der Waals surface area contributed by atoms with Gasteiger partial charge in [0, 0.05) is 43.9 Å². The van der Waals surface area contributed by atoms with Crippen molar-refractivity contribution in [3.63, 3.8) is 0 Å². The smallest absolute Gasteiger partial charge is 0.276 e. The van der Waals surface area contributed by atoms with Crippen LogP contribution in [0.3, 0.4) is 0 Å². The van der Waals surface area contributed by atoms with E-state index in [4.69, 9.17) is 4.52 Å². The fraction of sp³-hybridized carbons (Fsp3) is 0.409. The minimum absolute atomic E-state index is 0.0265. The van der Waals surface area contributed by atoms with Crippen LogP contribution in [0.1, 0.15) is 48.3 Å². The summed E-state index contributed by atoms with van der Waals surface area (Å²) in [6, 6.07) is 9.89. The second kappa shape index (κ2) is 6.93. The first-order valence-corrected chi connectivity index (χ1v) is 9.71. The average Bonchev–Trinajstić information content (AvgIpc) is 3.39. The molecule has 6 heteroatoms. The lowest BCUT2D eigenvalue weighted by Crippen LogP contribution is -2.30. The largest absolute Gasteiger partial charge is 0.355 e. The molecule has 0 saturated carbocycles. The van der Waals surface area contributed by atoms with E-state index in [1.165, 1.54) is 11.1 Å². The van der Waals surface area contributed by atoms with Gasteiger partial charge in [-0.25, -0.2) is 0 Å². The number of hydrogen-bond donors (Lipinski definition) is 0. The number of aryl methyl sites for hydroxylation is 2. The standard InChI is InChI=1S/C22H26N4O2/c1-5-15-6-8-16(9-7-15)20-10-19(24-28-20)21(27)26-13-18(22(2,3)14-26)17-11-23-25(4)12-17/h6-12,18H,5,13-14H2,1-4H3. The molecule has 0 aliphatic carbocycles. The Morgan fingerprint density at radius 2 is 2.04 bits per heavy atom. The maximum Gasteiger partial charge on any atom is 0.276 e. The van der Waals surface area contributed by atoms with Crippen LogP contribution in [0.25, 0.3) is 11.3 Å². The van der Waals surface area contributed by atoms with Crippen molar-refractivity contribution in [2.45, 2.75) is 33.1 Å². The van der Waals surface area contributed by atoms with E-state index in [9.17, 15) is 4.79 Å². The van der Waals surface area contributed by atoms with E-state index >= 15 is 0 Å². The molecule has 1 unspecified atom stereocenters. The molecule has 4 rings (SSSR count). The van der Waals surface area contributed by atoms with Crippen LogP contribution in [0.5, 0.6) is 0 Å². The second-order valence-corrected chi connectivity index (χ2v) is 8.30. The first kappa shape index (κ1) is 18.5. The molecule has 0 N–H and O–H groups in total. The Kier molecular flexibility index (Phi) is 4.57. The molecule has 1 aromatic carbocycles. The van der Waals surface area contributed by atoms with Gasteiger partial charge in [0.25, 0.3) is 5.91 Å². The van der Waals surface area contributed by atoms with Gasteiger partial charge >= 0.3 is 0 Å². The van der Waals surface area contributed by atoms with Crippen LogP contribution in [0.4, 0.5) is 0 Å². The quantitative estimate of drug-likeness (QED) is 0.691. The third-order valence-corrected chi connectivity index (χ3v) is 5.74. The molecule has 1 aliphatic rings. The Hall–Kier alpha value is -2.89. The minimum Gasteiger partial charge on any atom is -0.355 e. The van der Waals surface area contributed by atoms with Crippen molar-refractivity contribution in [1.82, 2.24) is 19.8 Å². The van der Waals surface area contributed by atoms with Crippen LogP contribution in [0.2, 0.25) is 0 Å². The van der Waals surface area contributed by atoms with Gasteiger partial charge < -0.3 is 9.42 Å². The number of nitrogens with zero attached hydrogens (tertiary/aromatic N) is 4. The van der Waals surface area contributed by atoms with Crippen LogP contribution in [0, 0.1) is 5.41 Å². The molecule has 3 aromatic rings. The van der Waals surface area contributed by atoms with Crippen molar-refractivity contribution in [2.75, 3.05) is 13.1 Å². The average molecular weight is 378 g/mol. The molecule has 1 aliphatic heterocycles. The molecule has 1 atom stereocenters. The number of hydrogen-bond acceptors (Lipinski definition) is 4. The molecule has 1 fully saturated rings. The Morgan fingerprint density at radius 3 is 2.68 bits per heavy atom. The van der Waals surface area contributed by atoms with Gasteiger partial charge in [-0.15, -0.1) is 0 Å². The highest BCUT2D eigenvalue weighted by Gasteiger charge is 2.43. The second-order valence-electron chi connectivity index (χ2n) is 8.30. The predicted molar refractivity (Wildman–Crippen MR) is 107 cm³/mol. The molecule has 0 bridgehead atoms. The zero-order chi connectivity index (χ0) is 19.9. The number of carbonyl (C=O) groups excluding carboxylic acids is 1. The molecule has 2 aromatic heterocycles. The third kappa shape index (κ3) is 3.35. The Bertz CT molecular complexity index is 984. The molecule has 146 valence electrons. The summed E-state index contributed by atoms with van der Waals surface area (Å²) in [6.07, 6.45) is 4.92. The van der Waals surface area contributed by atoms with Gasteiger partial charge in [-0.1, -0.05) is 50.2 Å². The van der Waals surface area contributed by atoms with Crippen molar-refractivity contribution in [2.24, 2.45) is 12.5 Å². The van der Waals surface area contributed by atoms with Crippen LogP contribution >= 0.6 is 0 Å². The van der Waals surface area contributed by atoms with Gasteiger partial charge in [-0.3, -0.25) is 9.48 Å². The van der Waals surface area contributed by atoms with E-state index in [0.29, 0.717) is 24.5 Å². The molecule has 0 spiro atoms. The number of likely N-dealkylation sites (tertiary alicyclic amines) is 1. The minimum atomic E-state index is -0.0837. The predicted octanol–water partition coefficient (Wildman–Crippen LogP) is 3.90. The molecule has 0 radical (unpaired) electrons. The summed E-state index contributed by atoms with van der Waals surface area (Å²) >= 11 is 0. The highest BCUT2D eigenvalue weighted by atomic mass is 16.5. The van der Waals surface area contributed by atoms with E-state index in [-0.39, 0.29) is 17.2 Å². The first-order valence-electron chi connectivity index (χ1n) is 9.71. The number of aromatic nitrogens is 3. The molecular weight excluding hydrogens is 352 g/mol. The Labute approximate surface area is 165 Å². The molecule has 1 saturated heterocycles. The lowest BCUT2D eigenvalue weighted by molar-refractivity contribution is 0.0767. The van der Waals surface area contributed by atoms with E-state index < -0.39 is 0 Å². The summed E-state index contributed by atoms with van der Waals surface area (Å²) in [5.41, 5.74) is 3.69. The summed E-state index contributed by atoms with van der Waals surface area (Å²) in [4.78, 5) is 14.9. The topological polar surface area (TPSA) is 64.2 Å². The van der Waals surface area contributed by atoms with Gasteiger partial charge in [0.05, 0.1) is 6.20 Å². The number of amides is 1. The van der Waals surface area contributed by atoms with Gasteiger partial charge in [0.15, 0.2) is 11.5 Å². The molecular formula is C22H26N4O2. The fourth-order valence-electron chi connectivity index (χ4n) is 4.04. The van der Waals surface area contributed by atoms with Crippen LogP contribution in [-0.2, 0) is 13.5 Å². The summed E-state index contributed by atoms with van der Waals surface area (Å²) in [6.45, 7) is 7.85. The normalized spacial score (nSPS) is 18.6. The third-order valence-electron chi connectivity index (χ3n) is 5.74. The molecule has 1 amide bonds. The van der Waals surface area contributed by atoms with Crippen molar-refractivity contribution in [1.29, 1.82) is 0 Å². The highest BCUT2D eigenvalue weighted by molar-refractivity contribution is 5.93. The van der Waals surface area contributed by atoms with Gasteiger partial charge in [0.2, 0.25) is 0 Å². The van der Waals surface area contributed by atoms with Crippen LogP contribution in [-0.4, -0.2) is 38.8 Å². The maximum atomic E-state index is 13.0. The Morgan fingerprint density at radius 1 is 1.29 bits per heavy atom. The number of rotatable bonds is 4. The van der Waals surface area contributed by atoms with Gasteiger partial charge in [0.1, 0.15) is 0 Å². The lowest BCUT2D eigenvalue weighted by atomic mass is 9.79. The van der Waals surface area contributed by atoms with E-state index in [0.717, 1.165) is 12.0 Å². The van der Waals surface area contributed by atoms with Crippen molar-refractivity contribution < 1.29 is 9.32 Å². The zero-order valence-electron chi connectivity index (χ0n) is 16.8. The first-order chi connectivity index (χ1) is 13.4. The maximum absolute atomic E-state index is 13.0. The SMILES string of the molecule is CCc1ccc(-c2cc(C(=O)N3CC(c4cnn(C)c4)C(C)(C)C3)no2)cc1. The van der Waals surface area contributed by atoms with E-state index in [2.05, 4.69) is 43.2 Å². The lowest BCUT2D eigenvalue weighted by Gasteiger charge is -2.24. The molecule has 3 heterocycles. The van der Waals surface area contributed by atoms with Crippen LogP contribution in [0.15, 0.2) is 47.2 Å². The van der Waals surface area contributed by atoms with Crippen molar-refractivity contribution in [3.8, 4) is 11.3 Å². The number of benzene rings is 1. The summed E-state index contributed by atoms with van der Waals surface area (Å²) in [7, 11) is 1.92. The van der Waals surface area contributed by atoms with Gasteiger partial charge in [-0.2, -0.15) is 5.10 Å². The van der Waals surface area contributed by atoms with Crippen molar-refractivity contribution >= 4 is 5.91 Å². The number of carbonyl (C=O) groups is 1. The molecule has 28 heavy (non-hydrogen) atoms. The van der Waals surface area contributed by atoms with E-state index in [1.54, 1.807) is 6.07 Å².